The predicted octanol–water partition coefficient (Wildman–Crippen LogP) is 42.0. The van der Waals surface area contributed by atoms with Crippen LogP contribution in [0, 0.1) is 6.92 Å². The monoisotopic (exact) mass is 1880 g/mol. The Bertz CT molecular complexity index is 5340. The van der Waals surface area contributed by atoms with Crippen LogP contribution in [0.4, 0.5) is 0 Å². The third-order valence-corrected chi connectivity index (χ3v) is 19.8. The standard InChI is InChI=1S/C18H14.3C17H13N.C16H13N3.C15H14.C10H8.13C2H6/c1-3-8-15(9-4-1)17-12-7-13-18(14-17)16-10-5-2-6-11-16;1-3-8-14(9-4-1)16-12-7-13-17(18-16)15-10-5-2-6-11-15;1-3-7-14(8-4-1)16-11-17(13-18-12-16)15-9-5-2-6-10-15;1-3-7-14(8-4-1)16-11-12-18-17(13-16)15-9-5-2-6-10-15;1-12-17-15(13-8-4-2-5-9-13)19-16(18-12)14-10-6-3-7-11-14;1-15(2)13-9-5-3-7-11(13)12-8-4-6-10-14(12)15;1-2-6-10-8-4-3-7-9(10)5-1;13*1-2/h1-14H;3*1-13H;2-11H,1H3;3-10H,1-2H3;1-8H;13*1-2H3. The molecule has 4 heterocycles. The maximum absolute atomic E-state index is 4.71. The Morgan fingerprint density at radius 3 is 0.683 bits per heavy atom. The van der Waals surface area contributed by atoms with E-state index in [0.29, 0.717) is 11.6 Å². The summed E-state index contributed by atoms with van der Waals surface area (Å²) in [6.45, 7) is 58.5. The molecule has 6 heteroatoms. The minimum absolute atomic E-state index is 0.160. The number of nitrogens with zero attached hydrogens (tertiary/aromatic N) is 6. The van der Waals surface area contributed by atoms with Crippen molar-refractivity contribution < 1.29 is 0 Å². The number of hydrogen-bond acceptors (Lipinski definition) is 6. The highest BCUT2D eigenvalue weighted by molar-refractivity contribution is 5.83. The quantitative estimate of drug-likeness (QED) is 0.136. The summed E-state index contributed by atoms with van der Waals surface area (Å²) in [6.07, 6.45) is 5.67. The van der Waals surface area contributed by atoms with Crippen molar-refractivity contribution in [3.05, 3.63) is 497 Å². The van der Waals surface area contributed by atoms with Gasteiger partial charge in [0.15, 0.2) is 11.6 Å². The lowest BCUT2D eigenvalue weighted by Crippen LogP contribution is -2.14. The van der Waals surface area contributed by atoms with Crippen molar-refractivity contribution in [1.82, 2.24) is 29.9 Å². The Kier molecular flexibility index (Phi) is 70.3. The summed E-state index contributed by atoms with van der Waals surface area (Å²) in [4.78, 5) is 26.9. The van der Waals surface area contributed by atoms with E-state index >= 15 is 0 Å². The van der Waals surface area contributed by atoms with E-state index in [9.17, 15) is 0 Å². The van der Waals surface area contributed by atoms with E-state index in [2.05, 4.69) is 312 Å². The molecule has 0 saturated carbocycles. The van der Waals surface area contributed by atoms with Gasteiger partial charge in [-0.2, -0.15) is 0 Å². The van der Waals surface area contributed by atoms with Crippen LogP contribution in [0.1, 0.15) is 211 Å². The van der Waals surface area contributed by atoms with Crippen molar-refractivity contribution in [2.45, 2.75) is 206 Å². The predicted molar refractivity (Wildman–Crippen MR) is 634 cm³/mol. The van der Waals surface area contributed by atoms with E-state index < -0.39 is 0 Å². The van der Waals surface area contributed by atoms with Crippen LogP contribution in [-0.4, -0.2) is 29.9 Å². The Labute approximate surface area is 860 Å². The minimum Gasteiger partial charge on any atom is -0.263 e. The second-order valence-electron chi connectivity index (χ2n) is 28.1. The number of benzene rings is 15. The summed E-state index contributed by atoms with van der Waals surface area (Å²) in [5.41, 5.74) is 26.5. The van der Waals surface area contributed by atoms with E-state index in [1.807, 2.05) is 394 Å². The first-order chi connectivity index (χ1) is 70.2. The van der Waals surface area contributed by atoms with Gasteiger partial charge in [0.2, 0.25) is 0 Å². The molecule has 1 aliphatic carbocycles. The molecule has 0 atom stereocenters. The van der Waals surface area contributed by atoms with Gasteiger partial charge in [0.25, 0.3) is 0 Å². The lowest BCUT2D eigenvalue weighted by molar-refractivity contribution is 0.660. The van der Waals surface area contributed by atoms with Gasteiger partial charge in [-0.25, -0.2) is 19.9 Å². The Morgan fingerprint density at radius 1 is 0.169 bits per heavy atom. The van der Waals surface area contributed by atoms with Gasteiger partial charge in [-0.05, 0) is 121 Å². The highest BCUT2D eigenvalue weighted by Crippen LogP contribution is 2.48. The number of aryl methyl sites for hydroxylation is 1. The molecule has 0 aliphatic heterocycles. The van der Waals surface area contributed by atoms with E-state index in [0.717, 1.165) is 61.9 Å². The molecule has 6 nitrogen and oxygen atoms in total. The molecule has 4 aromatic heterocycles. The molecule has 0 fully saturated rings. The maximum atomic E-state index is 4.71. The van der Waals surface area contributed by atoms with Crippen LogP contribution in [0.2, 0.25) is 0 Å². The highest BCUT2D eigenvalue weighted by Gasteiger charge is 2.34. The first-order valence-corrected chi connectivity index (χ1v) is 52.1. The number of aromatic nitrogens is 6. The van der Waals surface area contributed by atoms with Crippen LogP contribution in [0.5, 0.6) is 0 Å². The van der Waals surface area contributed by atoms with Crippen molar-refractivity contribution in [1.29, 1.82) is 0 Å². The highest BCUT2D eigenvalue weighted by atomic mass is 15.0. The fourth-order valence-electron chi connectivity index (χ4n) is 13.9. The van der Waals surface area contributed by atoms with Crippen LogP contribution in [0.3, 0.4) is 0 Å². The third kappa shape index (κ3) is 42.4. The first-order valence-electron chi connectivity index (χ1n) is 52.1. The molecule has 0 radical (unpaired) electrons. The van der Waals surface area contributed by atoms with Crippen LogP contribution >= 0.6 is 0 Å². The Balaban J connectivity index is 0.000000799. The largest absolute Gasteiger partial charge is 0.263 e. The summed E-state index contributed by atoms with van der Waals surface area (Å²) in [7, 11) is 0. The van der Waals surface area contributed by atoms with E-state index in [4.69, 9.17) is 4.98 Å². The van der Waals surface area contributed by atoms with Gasteiger partial charge >= 0.3 is 0 Å². The molecule has 0 N–H and O–H groups in total. The molecule has 0 amide bonds. The zero-order chi connectivity index (χ0) is 105. The zero-order valence-electron chi connectivity index (χ0n) is 91.3. The van der Waals surface area contributed by atoms with Gasteiger partial charge in [0.1, 0.15) is 5.82 Å². The fraction of sp³-hybridized carbons (Fsp3) is 0.221. The van der Waals surface area contributed by atoms with Crippen LogP contribution in [-0.2, 0) is 5.41 Å². The number of pyridine rings is 3. The normalized spacial score (nSPS) is 9.50. The molecule has 142 heavy (non-hydrogen) atoms. The van der Waals surface area contributed by atoms with E-state index in [1.165, 1.54) is 77.5 Å². The first kappa shape index (κ1) is 125. The SMILES string of the molecule is CC.CC.CC.CC.CC.CC.CC.CC.CC.CC.CC.CC.CC.CC1(C)c2ccccc2-c2ccccc21.Cc1nc(-c2ccccc2)nc(-c2ccccc2)n1.c1ccc(-c2cccc(-c3ccccc3)c2)cc1.c1ccc(-c2cccc(-c3ccccc3)n2)cc1.c1ccc(-c2ccnc(-c3ccccc3)c2)cc1.c1ccc(-c2cncc(-c3ccccc3)c2)cc1.c1ccc2ccccc2c1. The van der Waals surface area contributed by atoms with Crippen LogP contribution in [0.15, 0.2) is 480 Å². The van der Waals surface area contributed by atoms with Crippen LogP contribution in [0.25, 0.3) is 134 Å². The second kappa shape index (κ2) is 79.9. The molecule has 0 saturated heterocycles. The van der Waals surface area contributed by atoms with Gasteiger partial charge in [-0.15, -0.1) is 0 Å². The van der Waals surface area contributed by atoms with Crippen molar-refractivity contribution in [3.8, 4) is 123 Å². The summed E-state index contributed by atoms with van der Waals surface area (Å²) in [6, 6.07) is 158. The third-order valence-electron chi connectivity index (χ3n) is 19.8. The Hall–Kier alpha value is -15.0. The van der Waals surface area contributed by atoms with E-state index in [1.54, 1.807) is 0 Å². The van der Waals surface area contributed by atoms with Gasteiger partial charge in [-0.1, -0.05) is 619 Å². The summed E-state index contributed by atoms with van der Waals surface area (Å²) in [5, 5.41) is 2.62. The van der Waals surface area contributed by atoms with Crippen LogP contribution < -0.4 is 0 Å². The van der Waals surface area contributed by atoms with Crippen molar-refractivity contribution >= 4 is 10.8 Å². The lowest BCUT2D eigenvalue weighted by atomic mass is 9.82. The maximum Gasteiger partial charge on any atom is 0.163 e. The van der Waals surface area contributed by atoms with Gasteiger partial charge in [-0.3, -0.25) is 9.97 Å². The second-order valence-corrected chi connectivity index (χ2v) is 28.1. The molecule has 0 bridgehead atoms. The topological polar surface area (TPSA) is 77.3 Å². The van der Waals surface area contributed by atoms with Gasteiger partial charge in [0, 0.05) is 62.9 Å². The molecule has 20 rings (SSSR count). The molecule has 0 spiro atoms. The van der Waals surface area contributed by atoms with Gasteiger partial charge in [0.05, 0.1) is 17.1 Å². The summed E-state index contributed by atoms with van der Waals surface area (Å²) >= 11 is 0. The molecular formula is C136H166N6. The summed E-state index contributed by atoms with van der Waals surface area (Å²) < 4.78 is 0. The average Bonchev–Trinajstić information content (AvgIpc) is 1.59. The van der Waals surface area contributed by atoms with Crippen molar-refractivity contribution in [3.63, 3.8) is 0 Å². The molecule has 0 unspecified atom stereocenters. The number of hydrogen-bond donors (Lipinski definition) is 0. The Morgan fingerprint density at radius 2 is 0.387 bits per heavy atom. The molecule has 740 valence electrons. The summed E-state index contributed by atoms with van der Waals surface area (Å²) in [5.74, 6) is 2.16. The molecule has 1 aliphatic rings. The molecular weight excluding hydrogens is 1720 g/mol. The minimum atomic E-state index is 0.160. The average molecular weight is 1880 g/mol. The van der Waals surface area contributed by atoms with Gasteiger partial charge < -0.3 is 0 Å². The molecule has 19 aromatic rings. The fourth-order valence-corrected chi connectivity index (χ4v) is 13.9. The smallest absolute Gasteiger partial charge is 0.163 e. The van der Waals surface area contributed by atoms with Crippen molar-refractivity contribution in [2.24, 2.45) is 0 Å². The van der Waals surface area contributed by atoms with Crippen molar-refractivity contribution in [2.75, 3.05) is 0 Å². The zero-order valence-corrected chi connectivity index (χ0v) is 91.3. The lowest BCUT2D eigenvalue weighted by Gasteiger charge is -2.20. The number of fused-ring (bicyclic) bond motifs is 4. The molecule has 15 aromatic carbocycles. The number of rotatable bonds is 10. The van der Waals surface area contributed by atoms with E-state index in [-0.39, 0.29) is 5.41 Å².